The molecule has 2 aromatic carbocycles. The number of methoxy groups -OCH3 is 1. The van der Waals surface area contributed by atoms with Crippen LogP contribution in [0.15, 0.2) is 68.2 Å². The van der Waals surface area contributed by atoms with Gasteiger partial charge in [0.25, 0.3) is 5.91 Å². The maximum Gasteiger partial charge on any atom is 0.302 e. The highest BCUT2D eigenvalue weighted by molar-refractivity contribution is 5.97. The van der Waals surface area contributed by atoms with E-state index in [0.29, 0.717) is 37.1 Å². The largest absolute Gasteiger partial charge is 0.497 e. The summed E-state index contributed by atoms with van der Waals surface area (Å²) in [5.74, 6) is 0.783. The Morgan fingerprint density at radius 1 is 0.933 bits per heavy atom. The number of rotatable bonds is 3. The molecule has 0 N–H and O–H groups in total. The van der Waals surface area contributed by atoms with Crippen LogP contribution in [-0.4, -0.2) is 44.1 Å². The van der Waals surface area contributed by atoms with Gasteiger partial charge in [-0.15, -0.1) is 0 Å². The van der Waals surface area contributed by atoms with Crippen LogP contribution in [-0.2, 0) is 0 Å². The van der Waals surface area contributed by atoms with E-state index in [1.165, 1.54) is 6.07 Å². The Morgan fingerprint density at radius 2 is 1.67 bits per heavy atom. The van der Waals surface area contributed by atoms with E-state index in [4.69, 9.17) is 13.6 Å². The van der Waals surface area contributed by atoms with E-state index in [1.54, 1.807) is 36.3 Å². The van der Waals surface area contributed by atoms with Crippen molar-refractivity contribution in [2.24, 2.45) is 0 Å². The molecule has 0 aliphatic carbocycles. The molecule has 0 radical (unpaired) electrons. The van der Waals surface area contributed by atoms with E-state index < -0.39 is 0 Å². The summed E-state index contributed by atoms with van der Waals surface area (Å²) in [6.07, 6.45) is 0. The molecule has 30 heavy (non-hydrogen) atoms. The predicted molar refractivity (Wildman–Crippen MR) is 113 cm³/mol. The number of hydrogen-bond donors (Lipinski definition) is 0. The van der Waals surface area contributed by atoms with Crippen LogP contribution in [0.3, 0.4) is 0 Å². The number of para-hydroxylation sites is 1. The number of ether oxygens (including phenoxy) is 1. The Morgan fingerprint density at radius 3 is 2.40 bits per heavy atom. The summed E-state index contributed by atoms with van der Waals surface area (Å²) < 4.78 is 16.5. The minimum Gasteiger partial charge on any atom is -0.497 e. The fourth-order valence-electron chi connectivity index (χ4n) is 3.82. The number of carbonyl (C=O) groups is 1. The van der Waals surface area contributed by atoms with Gasteiger partial charge >= 0.3 is 5.78 Å². The molecule has 0 saturated carbocycles. The molecule has 5 rings (SSSR count). The number of anilines is 1. The van der Waals surface area contributed by atoms with Crippen molar-refractivity contribution < 1.29 is 18.4 Å². The molecule has 1 amide bonds. The van der Waals surface area contributed by atoms with E-state index in [9.17, 15) is 9.59 Å². The Labute approximate surface area is 172 Å². The van der Waals surface area contributed by atoms with Crippen molar-refractivity contribution in [3.05, 3.63) is 70.6 Å². The van der Waals surface area contributed by atoms with Crippen molar-refractivity contribution >= 4 is 33.7 Å². The van der Waals surface area contributed by atoms with Crippen LogP contribution in [0.2, 0.25) is 0 Å². The van der Waals surface area contributed by atoms with Crippen LogP contribution in [0.25, 0.3) is 22.1 Å². The maximum atomic E-state index is 13.0. The maximum absolute atomic E-state index is 13.0. The molecule has 4 aromatic rings. The Bertz CT molecular complexity index is 1280. The molecule has 0 atom stereocenters. The lowest BCUT2D eigenvalue weighted by atomic mass is 10.2. The van der Waals surface area contributed by atoms with Crippen molar-refractivity contribution in [1.82, 2.24) is 4.90 Å². The van der Waals surface area contributed by atoms with Crippen LogP contribution < -0.4 is 15.1 Å². The molecule has 0 spiro atoms. The molecule has 1 aliphatic heterocycles. The molecule has 2 aromatic heterocycles. The van der Waals surface area contributed by atoms with Gasteiger partial charge in [-0.25, -0.2) is 0 Å². The van der Waals surface area contributed by atoms with Crippen molar-refractivity contribution in [3.63, 3.8) is 0 Å². The first kappa shape index (κ1) is 18.3. The summed E-state index contributed by atoms with van der Waals surface area (Å²) in [6.45, 7) is 2.54. The first-order valence-electron chi connectivity index (χ1n) is 9.78. The highest BCUT2D eigenvalue weighted by atomic mass is 16.5. The summed E-state index contributed by atoms with van der Waals surface area (Å²) in [6, 6.07) is 16.3. The lowest BCUT2D eigenvalue weighted by molar-refractivity contribution is 0.0715. The predicted octanol–water partition coefficient (Wildman–Crippen LogP) is 3.51. The first-order valence-corrected chi connectivity index (χ1v) is 9.78. The minimum absolute atomic E-state index is 0.0823. The summed E-state index contributed by atoms with van der Waals surface area (Å²) >= 11 is 0. The summed E-state index contributed by atoms with van der Waals surface area (Å²) in [7, 11) is 1.64. The van der Waals surface area contributed by atoms with Gasteiger partial charge in [-0.1, -0.05) is 12.1 Å². The van der Waals surface area contributed by atoms with Crippen molar-refractivity contribution in [3.8, 4) is 5.75 Å². The summed E-state index contributed by atoms with van der Waals surface area (Å²) in [5.41, 5.74) is 1.34. The van der Waals surface area contributed by atoms with Gasteiger partial charge in [-0.3, -0.25) is 9.59 Å². The molecule has 0 unspecified atom stereocenters. The minimum atomic E-state index is -0.237. The van der Waals surface area contributed by atoms with Crippen LogP contribution in [0.5, 0.6) is 5.75 Å². The van der Waals surface area contributed by atoms with Crippen LogP contribution >= 0.6 is 0 Å². The molecular weight excluding hydrogens is 384 g/mol. The number of furan rings is 1. The van der Waals surface area contributed by atoms with Crippen LogP contribution in [0, 0.1) is 0 Å². The zero-order valence-electron chi connectivity index (χ0n) is 16.5. The summed E-state index contributed by atoms with van der Waals surface area (Å²) in [4.78, 5) is 29.6. The van der Waals surface area contributed by atoms with Crippen molar-refractivity contribution in [2.75, 3.05) is 38.2 Å². The number of nitrogens with zero attached hydrogens (tertiary/aromatic N) is 2. The second-order valence-electron chi connectivity index (χ2n) is 7.22. The number of fused-ring (bicyclic) bond motifs is 2. The fourth-order valence-corrected chi connectivity index (χ4v) is 3.82. The van der Waals surface area contributed by atoms with Gasteiger partial charge in [0.2, 0.25) is 5.43 Å². The van der Waals surface area contributed by atoms with Crippen molar-refractivity contribution in [2.45, 2.75) is 0 Å². The third-order valence-electron chi connectivity index (χ3n) is 5.49. The highest BCUT2D eigenvalue weighted by Crippen LogP contribution is 2.24. The normalized spacial score (nSPS) is 14.4. The zero-order chi connectivity index (χ0) is 20.7. The smallest absolute Gasteiger partial charge is 0.302 e. The molecule has 0 bridgehead atoms. The van der Waals surface area contributed by atoms with E-state index >= 15 is 0 Å². The van der Waals surface area contributed by atoms with E-state index in [2.05, 4.69) is 4.90 Å². The molecule has 152 valence electrons. The highest BCUT2D eigenvalue weighted by Gasteiger charge is 2.26. The van der Waals surface area contributed by atoms with E-state index in [-0.39, 0.29) is 28.3 Å². The topological polar surface area (TPSA) is 76.1 Å². The fraction of sp³-hybridized carbons (Fsp3) is 0.217. The average Bonchev–Trinajstić information content (AvgIpc) is 3.23. The second-order valence-corrected chi connectivity index (χ2v) is 7.22. The van der Waals surface area contributed by atoms with Gasteiger partial charge in [0.1, 0.15) is 16.7 Å². The zero-order valence-corrected chi connectivity index (χ0v) is 16.5. The number of hydrogen-bond acceptors (Lipinski definition) is 6. The Hall–Kier alpha value is -3.74. The van der Waals surface area contributed by atoms with Gasteiger partial charge in [0, 0.05) is 37.9 Å². The van der Waals surface area contributed by atoms with Crippen molar-refractivity contribution in [1.29, 1.82) is 0 Å². The number of carbonyl (C=O) groups excluding carboxylic acids is 1. The number of benzene rings is 2. The first-order chi connectivity index (χ1) is 14.6. The number of amides is 1. The third-order valence-corrected chi connectivity index (χ3v) is 5.49. The van der Waals surface area contributed by atoms with Crippen LogP contribution in [0.1, 0.15) is 10.6 Å². The molecule has 7 heteroatoms. The SMILES string of the molecule is COc1ccc(N2CCN(C(=O)c3cc4c(=O)c5ccccc5oc4o3)CC2)cc1. The molecule has 1 aliphatic rings. The van der Waals surface area contributed by atoms with E-state index in [1.807, 2.05) is 24.3 Å². The lowest BCUT2D eigenvalue weighted by Crippen LogP contribution is -2.48. The van der Waals surface area contributed by atoms with Gasteiger partial charge in [-0.05, 0) is 36.4 Å². The average molecular weight is 404 g/mol. The van der Waals surface area contributed by atoms with Gasteiger partial charge in [0.05, 0.1) is 12.5 Å². The molecule has 1 fully saturated rings. The van der Waals surface area contributed by atoms with Gasteiger partial charge < -0.3 is 23.4 Å². The Balaban J connectivity index is 1.35. The standard InChI is InChI=1S/C23H20N2O5/c1-28-16-8-6-15(7-9-16)24-10-12-25(13-11-24)22(27)20-14-18-21(26)17-4-2-3-5-19(17)29-23(18)30-20/h2-9,14H,10-13H2,1H3. The second kappa shape index (κ2) is 7.26. The summed E-state index contributed by atoms with van der Waals surface area (Å²) in [5, 5.41) is 0.756. The third kappa shape index (κ3) is 3.08. The molecule has 3 heterocycles. The monoisotopic (exact) mass is 404 g/mol. The van der Waals surface area contributed by atoms with Gasteiger partial charge in [0.15, 0.2) is 5.76 Å². The molecular formula is C23H20N2O5. The van der Waals surface area contributed by atoms with Gasteiger partial charge in [-0.2, -0.15) is 0 Å². The number of piperazine rings is 1. The molecule has 7 nitrogen and oxygen atoms in total. The molecule has 1 saturated heterocycles. The van der Waals surface area contributed by atoms with Crippen LogP contribution in [0.4, 0.5) is 5.69 Å². The Kier molecular flexibility index (Phi) is 4.43. The quantitative estimate of drug-likeness (QED) is 0.520. The lowest BCUT2D eigenvalue weighted by Gasteiger charge is -2.35. The van der Waals surface area contributed by atoms with E-state index in [0.717, 1.165) is 11.4 Å².